The normalized spacial score (nSPS) is 20.2. The van der Waals surface area contributed by atoms with Crippen LogP contribution in [0.3, 0.4) is 0 Å². The molecule has 2 aromatic rings. The number of rotatable bonds is 7. The molecule has 3 heterocycles. The molecule has 0 spiro atoms. The van der Waals surface area contributed by atoms with E-state index in [4.69, 9.17) is 14.2 Å². The van der Waals surface area contributed by atoms with Crippen molar-refractivity contribution in [2.75, 3.05) is 26.5 Å². The lowest BCUT2D eigenvalue weighted by Crippen LogP contribution is -2.41. The maximum atomic E-state index is 10.4. The van der Waals surface area contributed by atoms with Crippen LogP contribution in [0.5, 0.6) is 11.5 Å². The molecule has 140 valence electrons. The molecule has 0 saturated heterocycles. The van der Waals surface area contributed by atoms with E-state index in [2.05, 4.69) is 23.3 Å². The zero-order valence-corrected chi connectivity index (χ0v) is 15.8. The molecule has 2 atom stereocenters. The quantitative estimate of drug-likeness (QED) is 0.804. The number of hydrogen-bond donors (Lipinski definition) is 1. The van der Waals surface area contributed by atoms with Gasteiger partial charge in [-0.1, -0.05) is 13.0 Å². The van der Waals surface area contributed by atoms with E-state index in [0.717, 1.165) is 36.4 Å². The van der Waals surface area contributed by atoms with Crippen LogP contribution in [0.2, 0.25) is 0 Å². The molecule has 4 rings (SSSR count). The molecule has 2 aliphatic rings. The molecule has 0 bridgehead atoms. The molecule has 0 radical (unpaired) electrons. The van der Waals surface area contributed by atoms with Crippen molar-refractivity contribution < 1.29 is 19.3 Å². The van der Waals surface area contributed by atoms with Crippen LogP contribution in [-0.2, 0) is 17.8 Å². The van der Waals surface area contributed by atoms with E-state index >= 15 is 0 Å². The van der Waals surface area contributed by atoms with E-state index in [1.54, 1.807) is 0 Å². The van der Waals surface area contributed by atoms with Gasteiger partial charge >= 0.3 is 0 Å². The first-order valence-electron chi connectivity index (χ1n) is 9.19. The van der Waals surface area contributed by atoms with Crippen molar-refractivity contribution in [1.82, 2.24) is 4.90 Å². The SMILES string of the molecule is CCC1c2ccsc2CCN1CC(O)COCc1ccc2c(c1)OCO2. The second-order valence-corrected chi connectivity index (χ2v) is 7.83. The number of β-amino-alcohol motifs (C(OH)–C–C–N with tert-alkyl or cyclic N) is 1. The minimum absolute atomic E-state index is 0.276. The Morgan fingerprint density at radius 1 is 1.31 bits per heavy atom. The minimum atomic E-state index is -0.488. The molecule has 0 fully saturated rings. The first-order chi connectivity index (χ1) is 12.7. The maximum Gasteiger partial charge on any atom is 0.231 e. The van der Waals surface area contributed by atoms with E-state index in [1.807, 2.05) is 29.5 Å². The molecule has 0 saturated carbocycles. The van der Waals surface area contributed by atoms with Crippen molar-refractivity contribution in [3.8, 4) is 11.5 Å². The largest absolute Gasteiger partial charge is 0.454 e. The van der Waals surface area contributed by atoms with Crippen LogP contribution in [0.1, 0.15) is 35.4 Å². The Morgan fingerprint density at radius 2 is 2.19 bits per heavy atom. The lowest BCUT2D eigenvalue weighted by molar-refractivity contribution is 0.000265. The number of ether oxygens (including phenoxy) is 3. The molecule has 5 nitrogen and oxygen atoms in total. The highest BCUT2D eigenvalue weighted by Gasteiger charge is 2.28. The second kappa shape index (κ2) is 7.96. The average molecular weight is 375 g/mol. The molecule has 0 aliphatic carbocycles. The molecule has 6 heteroatoms. The molecule has 1 aromatic heterocycles. The van der Waals surface area contributed by atoms with Gasteiger partial charge in [-0.3, -0.25) is 4.90 Å². The van der Waals surface area contributed by atoms with Crippen LogP contribution >= 0.6 is 11.3 Å². The predicted molar refractivity (Wildman–Crippen MR) is 101 cm³/mol. The van der Waals surface area contributed by atoms with E-state index in [0.29, 0.717) is 25.8 Å². The molecular formula is C20H25NO4S. The summed E-state index contributed by atoms with van der Waals surface area (Å²) in [4.78, 5) is 3.89. The van der Waals surface area contributed by atoms with E-state index in [9.17, 15) is 5.11 Å². The van der Waals surface area contributed by atoms with Gasteiger partial charge in [-0.25, -0.2) is 0 Å². The van der Waals surface area contributed by atoms with Crippen LogP contribution in [-0.4, -0.2) is 42.6 Å². The molecular weight excluding hydrogens is 350 g/mol. The highest BCUT2D eigenvalue weighted by molar-refractivity contribution is 7.10. The third-order valence-electron chi connectivity index (χ3n) is 5.05. The molecule has 2 aliphatic heterocycles. The summed E-state index contributed by atoms with van der Waals surface area (Å²) < 4.78 is 16.4. The van der Waals surface area contributed by atoms with Gasteiger partial charge in [0.25, 0.3) is 0 Å². The average Bonchev–Trinajstić information content (AvgIpc) is 3.30. The van der Waals surface area contributed by atoms with Crippen LogP contribution in [0.25, 0.3) is 0 Å². The van der Waals surface area contributed by atoms with Gasteiger partial charge in [0.05, 0.1) is 19.3 Å². The summed E-state index contributed by atoms with van der Waals surface area (Å²) in [5, 5.41) is 12.6. The molecule has 1 aromatic carbocycles. The van der Waals surface area contributed by atoms with Crippen LogP contribution in [0, 0.1) is 0 Å². The summed E-state index contributed by atoms with van der Waals surface area (Å²) in [6, 6.07) is 8.45. The van der Waals surface area contributed by atoms with Gasteiger partial charge in [0.1, 0.15) is 0 Å². The standard InChI is InChI=1S/C20H25NO4S/c1-2-17-16-6-8-26-20(16)5-7-21(17)10-15(22)12-23-11-14-3-4-18-19(9-14)25-13-24-18/h3-4,6,8-9,15,17,22H,2,5,7,10-13H2,1H3. The summed E-state index contributed by atoms with van der Waals surface area (Å²) >= 11 is 1.85. The van der Waals surface area contributed by atoms with Gasteiger partial charge in [-0.15, -0.1) is 11.3 Å². The first kappa shape index (κ1) is 17.8. The van der Waals surface area contributed by atoms with Gasteiger partial charge < -0.3 is 19.3 Å². The Hall–Kier alpha value is -1.60. The third-order valence-corrected chi connectivity index (χ3v) is 6.05. The van der Waals surface area contributed by atoms with Crippen LogP contribution < -0.4 is 9.47 Å². The topological polar surface area (TPSA) is 51.2 Å². The summed E-state index contributed by atoms with van der Waals surface area (Å²) in [6.45, 7) is 4.93. The van der Waals surface area contributed by atoms with Crippen molar-refractivity contribution >= 4 is 11.3 Å². The van der Waals surface area contributed by atoms with Crippen molar-refractivity contribution in [1.29, 1.82) is 0 Å². The lowest BCUT2D eigenvalue weighted by Gasteiger charge is -2.36. The van der Waals surface area contributed by atoms with Gasteiger partial charge in [-0.05, 0) is 47.5 Å². The highest BCUT2D eigenvalue weighted by atomic mass is 32.1. The highest BCUT2D eigenvalue weighted by Crippen LogP contribution is 2.35. The lowest BCUT2D eigenvalue weighted by atomic mass is 9.97. The van der Waals surface area contributed by atoms with Crippen LogP contribution in [0.15, 0.2) is 29.6 Å². The van der Waals surface area contributed by atoms with Crippen molar-refractivity contribution in [2.24, 2.45) is 0 Å². The van der Waals surface area contributed by atoms with E-state index in [1.165, 1.54) is 10.4 Å². The monoisotopic (exact) mass is 375 g/mol. The summed E-state index contributed by atoms with van der Waals surface area (Å²) in [6.07, 6.45) is 1.65. The number of aliphatic hydroxyl groups is 1. The smallest absolute Gasteiger partial charge is 0.231 e. The van der Waals surface area contributed by atoms with Crippen LogP contribution in [0.4, 0.5) is 0 Å². The van der Waals surface area contributed by atoms with Crippen molar-refractivity contribution in [3.05, 3.63) is 45.6 Å². The molecule has 0 amide bonds. The number of benzene rings is 1. The summed E-state index contributed by atoms with van der Waals surface area (Å²) in [7, 11) is 0. The summed E-state index contributed by atoms with van der Waals surface area (Å²) in [5.74, 6) is 1.54. The van der Waals surface area contributed by atoms with Gasteiger partial charge in [-0.2, -0.15) is 0 Å². The maximum absolute atomic E-state index is 10.4. The number of nitrogens with zero attached hydrogens (tertiary/aromatic N) is 1. The second-order valence-electron chi connectivity index (χ2n) is 6.82. The zero-order valence-electron chi connectivity index (χ0n) is 15.0. The fourth-order valence-corrected chi connectivity index (χ4v) is 4.74. The minimum Gasteiger partial charge on any atom is -0.454 e. The Bertz CT molecular complexity index is 747. The van der Waals surface area contributed by atoms with Crippen molar-refractivity contribution in [3.63, 3.8) is 0 Å². The predicted octanol–water partition coefficient (Wildman–Crippen LogP) is 3.36. The third kappa shape index (κ3) is 3.74. The molecule has 26 heavy (non-hydrogen) atoms. The Kier molecular flexibility index (Phi) is 5.45. The number of aliphatic hydroxyl groups excluding tert-OH is 1. The Balaban J connectivity index is 1.27. The zero-order chi connectivity index (χ0) is 17.9. The van der Waals surface area contributed by atoms with E-state index < -0.39 is 6.10 Å². The van der Waals surface area contributed by atoms with Gasteiger partial charge in [0, 0.05) is 24.0 Å². The van der Waals surface area contributed by atoms with Gasteiger partial charge in [0.2, 0.25) is 6.79 Å². The molecule has 1 N–H and O–H groups in total. The van der Waals surface area contributed by atoms with Gasteiger partial charge in [0.15, 0.2) is 11.5 Å². The first-order valence-corrected chi connectivity index (χ1v) is 10.1. The Labute approximate surface area is 158 Å². The summed E-state index contributed by atoms with van der Waals surface area (Å²) in [5.41, 5.74) is 2.46. The Morgan fingerprint density at radius 3 is 3.08 bits per heavy atom. The van der Waals surface area contributed by atoms with Crippen molar-refractivity contribution in [2.45, 2.75) is 38.5 Å². The fourth-order valence-electron chi connectivity index (χ4n) is 3.81. The molecule has 2 unspecified atom stereocenters. The van der Waals surface area contributed by atoms with E-state index in [-0.39, 0.29) is 6.79 Å². The number of hydrogen-bond acceptors (Lipinski definition) is 6. The number of fused-ring (bicyclic) bond motifs is 2. The number of thiophene rings is 1. The fraction of sp³-hybridized carbons (Fsp3) is 0.500.